The van der Waals surface area contributed by atoms with E-state index in [4.69, 9.17) is 5.84 Å². The van der Waals surface area contributed by atoms with Crippen molar-refractivity contribution in [2.24, 2.45) is 5.84 Å². The van der Waals surface area contributed by atoms with Crippen molar-refractivity contribution in [2.75, 3.05) is 5.43 Å². The van der Waals surface area contributed by atoms with Crippen molar-refractivity contribution in [3.63, 3.8) is 0 Å². The van der Waals surface area contributed by atoms with Crippen LogP contribution >= 0.6 is 0 Å². The van der Waals surface area contributed by atoms with E-state index in [1.165, 1.54) is 6.20 Å². The van der Waals surface area contributed by atoms with Crippen molar-refractivity contribution < 1.29 is 4.79 Å². The standard InChI is InChI=1S/C10H12N6O/c11-16-9-2-1-7(3-13-9)10(17)14-5-8-4-12-6-15-8/h1-4,6H,5,11H2,(H,12,15)(H,13,16)(H,14,17). The van der Waals surface area contributed by atoms with Crippen molar-refractivity contribution in [3.8, 4) is 0 Å². The molecule has 0 fully saturated rings. The third-order valence-corrected chi connectivity index (χ3v) is 2.17. The van der Waals surface area contributed by atoms with Crippen LogP contribution in [0.25, 0.3) is 0 Å². The molecule has 0 unspecified atom stereocenters. The summed E-state index contributed by atoms with van der Waals surface area (Å²) in [5.41, 5.74) is 3.71. The summed E-state index contributed by atoms with van der Waals surface area (Å²) in [6, 6.07) is 3.27. The Labute approximate surface area is 97.4 Å². The molecule has 0 saturated carbocycles. The van der Waals surface area contributed by atoms with Crippen molar-refractivity contribution in [3.05, 3.63) is 42.1 Å². The highest BCUT2D eigenvalue weighted by atomic mass is 16.1. The van der Waals surface area contributed by atoms with Gasteiger partial charge in [-0.25, -0.2) is 15.8 Å². The molecule has 1 amide bonds. The van der Waals surface area contributed by atoms with Crippen LogP contribution in [0.2, 0.25) is 0 Å². The van der Waals surface area contributed by atoms with E-state index in [0.717, 1.165) is 5.69 Å². The second-order valence-corrected chi connectivity index (χ2v) is 3.34. The summed E-state index contributed by atoms with van der Waals surface area (Å²) in [4.78, 5) is 22.4. The average molecular weight is 232 g/mol. The Kier molecular flexibility index (Phi) is 3.31. The van der Waals surface area contributed by atoms with E-state index in [1.54, 1.807) is 24.7 Å². The SMILES string of the molecule is NNc1ccc(C(=O)NCc2cnc[nH]2)cn1. The van der Waals surface area contributed by atoms with E-state index in [-0.39, 0.29) is 5.91 Å². The minimum atomic E-state index is -0.198. The molecule has 0 spiro atoms. The first-order valence-electron chi connectivity index (χ1n) is 4.97. The van der Waals surface area contributed by atoms with Crippen molar-refractivity contribution in [1.29, 1.82) is 0 Å². The molecule has 0 radical (unpaired) electrons. The zero-order chi connectivity index (χ0) is 12.1. The van der Waals surface area contributed by atoms with Crippen molar-refractivity contribution in [1.82, 2.24) is 20.3 Å². The van der Waals surface area contributed by atoms with Gasteiger partial charge in [0.2, 0.25) is 0 Å². The fourth-order valence-corrected chi connectivity index (χ4v) is 1.27. The molecule has 0 aliphatic rings. The molecule has 7 nitrogen and oxygen atoms in total. The van der Waals surface area contributed by atoms with Gasteiger partial charge < -0.3 is 15.7 Å². The third kappa shape index (κ3) is 2.79. The highest BCUT2D eigenvalue weighted by Crippen LogP contribution is 2.03. The Hall–Kier alpha value is -2.41. The predicted octanol–water partition coefficient (Wildman–Crippen LogP) is 0.0203. The smallest absolute Gasteiger partial charge is 0.253 e. The van der Waals surface area contributed by atoms with Gasteiger partial charge in [-0.05, 0) is 12.1 Å². The number of nitrogens with two attached hydrogens (primary N) is 1. The van der Waals surface area contributed by atoms with E-state index in [2.05, 4.69) is 25.7 Å². The first kappa shape index (κ1) is 11.1. The number of aromatic amines is 1. The van der Waals surface area contributed by atoms with E-state index < -0.39 is 0 Å². The highest BCUT2D eigenvalue weighted by molar-refractivity contribution is 5.93. The lowest BCUT2D eigenvalue weighted by atomic mass is 10.2. The Balaban J connectivity index is 1.95. The Morgan fingerprint density at radius 1 is 1.41 bits per heavy atom. The summed E-state index contributed by atoms with van der Waals surface area (Å²) in [6.45, 7) is 0.399. The minimum Gasteiger partial charge on any atom is -0.347 e. The number of H-pyrrole nitrogens is 1. The van der Waals surface area contributed by atoms with Gasteiger partial charge in [-0.3, -0.25) is 4.79 Å². The average Bonchev–Trinajstić information content (AvgIpc) is 2.89. The van der Waals surface area contributed by atoms with Crippen LogP contribution in [0, 0.1) is 0 Å². The molecule has 2 aromatic rings. The number of rotatable bonds is 4. The van der Waals surface area contributed by atoms with Crippen LogP contribution in [-0.2, 0) is 6.54 Å². The lowest BCUT2D eigenvalue weighted by Crippen LogP contribution is -2.23. The zero-order valence-corrected chi connectivity index (χ0v) is 8.97. The van der Waals surface area contributed by atoms with Crippen LogP contribution in [-0.4, -0.2) is 20.9 Å². The highest BCUT2D eigenvalue weighted by Gasteiger charge is 2.05. The van der Waals surface area contributed by atoms with Gasteiger partial charge in [-0.1, -0.05) is 0 Å². The van der Waals surface area contributed by atoms with Gasteiger partial charge in [0.1, 0.15) is 5.82 Å². The minimum absolute atomic E-state index is 0.198. The van der Waals surface area contributed by atoms with Crippen molar-refractivity contribution >= 4 is 11.7 Å². The molecule has 88 valence electrons. The molecule has 2 aromatic heterocycles. The van der Waals surface area contributed by atoms with Gasteiger partial charge in [0.15, 0.2) is 0 Å². The molecule has 0 atom stereocenters. The number of hydrogen-bond acceptors (Lipinski definition) is 5. The van der Waals surface area contributed by atoms with E-state index in [9.17, 15) is 4.79 Å². The first-order chi connectivity index (χ1) is 8.29. The predicted molar refractivity (Wildman–Crippen MR) is 61.8 cm³/mol. The van der Waals surface area contributed by atoms with Crippen LogP contribution in [0.4, 0.5) is 5.82 Å². The van der Waals surface area contributed by atoms with Crippen LogP contribution in [0.5, 0.6) is 0 Å². The summed E-state index contributed by atoms with van der Waals surface area (Å²) >= 11 is 0. The van der Waals surface area contributed by atoms with Gasteiger partial charge >= 0.3 is 0 Å². The molecule has 0 aromatic carbocycles. The number of pyridine rings is 1. The lowest BCUT2D eigenvalue weighted by molar-refractivity contribution is 0.0950. The first-order valence-corrected chi connectivity index (χ1v) is 4.97. The van der Waals surface area contributed by atoms with Crippen LogP contribution in [0.3, 0.4) is 0 Å². The topological polar surface area (TPSA) is 109 Å². The number of anilines is 1. The summed E-state index contributed by atoms with van der Waals surface area (Å²) in [6.07, 6.45) is 4.67. The van der Waals surface area contributed by atoms with Crippen molar-refractivity contribution in [2.45, 2.75) is 6.54 Å². The maximum atomic E-state index is 11.7. The fourth-order valence-electron chi connectivity index (χ4n) is 1.27. The third-order valence-electron chi connectivity index (χ3n) is 2.17. The molecule has 0 aliphatic heterocycles. The van der Waals surface area contributed by atoms with Crippen LogP contribution in [0.1, 0.15) is 16.1 Å². The van der Waals surface area contributed by atoms with Gasteiger partial charge in [0, 0.05) is 12.4 Å². The molecule has 5 N–H and O–H groups in total. The number of nitrogens with zero attached hydrogens (tertiary/aromatic N) is 2. The summed E-state index contributed by atoms with van der Waals surface area (Å²) in [5.74, 6) is 5.49. The Morgan fingerprint density at radius 3 is 2.88 bits per heavy atom. The monoisotopic (exact) mass is 232 g/mol. The number of hydrogen-bond donors (Lipinski definition) is 4. The van der Waals surface area contributed by atoms with Crippen LogP contribution < -0.4 is 16.6 Å². The molecule has 17 heavy (non-hydrogen) atoms. The molecular formula is C10H12N6O. The number of imidazole rings is 1. The Bertz CT molecular complexity index is 478. The molecule has 0 bridgehead atoms. The summed E-state index contributed by atoms with van der Waals surface area (Å²) in [7, 11) is 0. The largest absolute Gasteiger partial charge is 0.347 e. The molecular weight excluding hydrogens is 220 g/mol. The zero-order valence-electron chi connectivity index (χ0n) is 8.97. The number of hydrazine groups is 1. The number of aromatic nitrogens is 3. The number of nitrogen functional groups attached to an aromatic ring is 1. The summed E-state index contributed by atoms with van der Waals surface area (Å²) < 4.78 is 0. The quantitative estimate of drug-likeness (QED) is 0.439. The Morgan fingerprint density at radius 2 is 2.29 bits per heavy atom. The second kappa shape index (κ2) is 5.08. The van der Waals surface area contributed by atoms with Gasteiger partial charge in [0.05, 0.1) is 24.1 Å². The fraction of sp³-hybridized carbons (Fsp3) is 0.100. The van der Waals surface area contributed by atoms with E-state index in [0.29, 0.717) is 17.9 Å². The number of carbonyl (C=O) groups is 1. The number of carbonyl (C=O) groups excluding carboxylic acids is 1. The second-order valence-electron chi connectivity index (χ2n) is 3.34. The number of amides is 1. The molecule has 0 aliphatic carbocycles. The molecule has 2 rings (SSSR count). The summed E-state index contributed by atoms with van der Waals surface area (Å²) in [5, 5.41) is 2.74. The normalized spacial score (nSPS) is 9.94. The molecule has 0 saturated heterocycles. The maximum Gasteiger partial charge on any atom is 0.253 e. The molecule has 2 heterocycles. The molecule has 7 heteroatoms. The van der Waals surface area contributed by atoms with Gasteiger partial charge in [0.25, 0.3) is 5.91 Å². The van der Waals surface area contributed by atoms with Crippen LogP contribution in [0.15, 0.2) is 30.9 Å². The van der Waals surface area contributed by atoms with E-state index in [1.807, 2.05) is 0 Å². The maximum absolute atomic E-state index is 11.7. The van der Waals surface area contributed by atoms with E-state index >= 15 is 0 Å². The van der Waals surface area contributed by atoms with Gasteiger partial charge in [-0.2, -0.15) is 0 Å². The lowest BCUT2D eigenvalue weighted by Gasteiger charge is -2.04. The van der Waals surface area contributed by atoms with Gasteiger partial charge in [-0.15, -0.1) is 0 Å². The number of nitrogens with one attached hydrogen (secondary N) is 3.